The van der Waals surface area contributed by atoms with Crippen LogP contribution in [0.25, 0.3) is 0 Å². The minimum Gasteiger partial charge on any atom is -0.465 e. The molecule has 28 heavy (non-hydrogen) atoms. The van der Waals surface area contributed by atoms with Gasteiger partial charge in [-0.2, -0.15) is 0 Å². The molecule has 0 aliphatic carbocycles. The lowest BCUT2D eigenvalue weighted by Crippen LogP contribution is -2.60. The molecule has 0 aromatic heterocycles. The third-order valence-corrected chi connectivity index (χ3v) is 4.62. The molecule has 8 heteroatoms. The lowest BCUT2D eigenvalue weighted by atomic mass is 10.1. The fourth-order valence-electron chi connectivity index (χ4n) is 2.92. The highest BCUT2D eigenvalue weighted by atomic mass is 32.1. The summed E-state index contributed by atoms with van der Waals surface area (Å²) in [5.41, 5.74) is 1.07. The van der Waals surface area contributed by atoms with E-state index in [0.717, 1.165) is 5.56 Å². The van der Waals surface area contributed by atoms with Gasteiger partial charge >= 0.3 is 5.97 Å². The lowest BCUT2D eigenvalue weighted by Gasteiger charge is -2.36. The van der Waals surface area contributed by atoms with E-state index < -0.39 is 12.0 Å². The number of hydrogen-bond acceptors (Lipinski definition) is 5. The van der Waals surface area contributed by atoms with Crippen molar-refractivity contribution in [3.05, 3.63) is 35.9 Å². The first kappa shape index (κ1) is 21.8. The molecule has 1 fully saturated rings. The summed E-state index contributed by atoms with van der Waals surface area (Å²) < 4.78 is 5.28. The number of carbonyl (C=O) groups is 3. The predicted octanol–water partition coefficient (Wildman–Crippen LogP) is 1.41. The summed E-state index contributed by atoms with van der Waals surface area (Å²) in [7, 11) is 0. The minimum absolute atomic E-state index is 0.124. The molecule has 1 saturated heterocycles. The van der Waals surface area contributed by atoms with E-state index in [-0.39, 0.29) is 35.9 Å². The van der Waals surface area contributed by atoms with Gasteiger partial charge in [-0.25, -0.2) is 0 Å². The van der Waals surface area contributed by atoms with Crippen LogP contribution in [0.5, 0.6) is 0 Å². The fraction of sp³-hybridized carbons (Fsp3) is 0.500. The van der Waals surface area contributed by atoms with Gasteiger partial charge in [-0.1, -0.05) is 44.2 Å². The second-order valence-corrected chi connectivity index (χ2v) is 7.50. The van der Waals surface area contributed by atoms with Crippen molar-refractivity contribution < 1.29 is 19.1 Å². The Balaban J connectivity index is 1.88. The second-order valence-electron chi connectivity index (χ2n) is 7.11. The van der Waals surface area contributed by atoms with Crippen LogP contribution in [-0.2, 0) is 25.5 Å². The molecule has 1 atom stereocenters. The zero-order chi connectivity index (χ0) is 20.5. The zero-order valence-electron chi connectivity index (χ0n) is 16.3. The van der Waals surface area contributed by atoms with E-state index in [1.165, 1.54) is 0 Å². The van der Waals surface area contributed by atoms with Crippen LogP contribution in [0.15, 0.2) is 30.3 Å². The van der Waals surface area contributed by atoms with Gasteiger partial charge in [0.25, 0.3) is 0 Å². The number of piperazine rings is 1. The van der Waals surface area contributed by atoms with Crippen LogP contribution in [0.3, 0.4) is 0 Å². The molecule has 0 spiro atoms. The summed E-state index contributed by atoms with van der Waals surface area (Å²) in [6.45, 7) is 4.94. The van der Waals surface area contributed by atoms with Gasteiger partial charge in [-0.15, -0.1) is 0 Å². The highest BCUT2D eigenvalue weighted by molar-refractivity contribution is 7.80. The lowest BCUT2D eigenvalue weighted by molar-refractivity contribution is -0.147. The molecule has 1 heterocycles. The molecule has 2 rings (SSSR count). The summed E-state index contributed by atoms with van der Waals surface area (Å²) in [5, 5.41) is 5.55. The maximum absolute atomic E-state index is 12.3. The molecule has 152 valence electrons. The molecule has 1 unspecified atom stereocenters. The highest BCUT2D eigenvalue weighted by Crippen LogP contribution is 2.11. The van der Waals surface area contributed by atoms with Gasteiger partial charge in [0.2, 0.25) is 11.8 Å². The van der Waals surface area contributed by atoms with Crippen LogP contribution in [0.1, 0.15) is 32.3 Å². The van der Waals surface area contributed by atoms with E-state index in [4.69, 9.17) is 17.0 Å². The molecule has 1 aromatic carbocycles. The topological polar surface area (TPSA) is 87.7 Å². The van der Waals surface area contributed by atoms with Gasteiger partial charge < -0.3 is 20.3 Å². The van der Waals surface area contributed by atoms with Crippen LogP contribution >= 0.6 is 12.2 Å². The molecule has 1 aliphatic heterocycles. The average molecular weight is 406 g/mol. The third-order valence-electron chi connectivity index (χ3n) is 4.29. The Labute approximate surface area is 170 Å². The highest BCUT2D eigenvalue weighted by Gasteiger charge is 2.34. The van der Waals surface area contributed by atoms with Gasteiger partial charge in [-0.05, 0) is 23.7 Å². The van der Waals surface area contributed by atoms with Gasteiger partial charge in [0.1, 0.15) is 6.04 Å². The molecular weight excluding hydrogens is 378 g/mol. The Bertz CT molecular complexity index is 709. The third kappa shape index (κ3) is 6.92. The smallest absolute Gasteiger partial charge is 0.308 e. The largest absolute Gasteiger partial charge is 0.465 e. The maximum Gasteiger partial charge on any atom is 0.308 e. The van der Waals surface area contributed by atoms with E-state index in [2.05, 4.69) is 10.6 Å². The van der Waals surface area contributed by atoms with Gasteiger partial charge in [0.15, 0.2) is 5.11 Å². The van der Waals surface area contributed by atoms with Crippen LogP contribution in [0, 0.1) is 5.92 Å². The molecule has 7 nitrogen and oxygen atoms in total. The van der Waals surface area contributed by atoms with Crippen LogP contribution in [-0.4, -0.2) is 53.5 Å². The van der Waals surface area contributed by atoms with Gasteiger partial charge in [0.05, 0.1) is 13.0 Å². The number of benzene rings is 1. The van der Waals surface area contributed by atoms with Crippen molar-refractivity contribution in [2.45, 2.75) is 39.2 Å². The molecule has 0 saturated carbocycles. The first-order chi connectivity index (χ1) is 13.4. The van der Waals surface area contributed by atoms with Crippen molar-refractivity contribution >= 4 is 35.1 Å². The van der Waals surface area contributed by atoms with Crippen LogP contribution in [0.2, 0.25) is 0 Å². The SMILES string of the molecule is CC(C)CC(=O)NC(=S)N1CCNC(=O)C1CC(=O)OCCc1ccccc1. The number of amides is 2. The standard InChI is InChI=1S/C20H27N3O4S/c1-14(2)12-17(24)22-20(28)23-10-9-21-19(26)16(23)13-18(25)27-11-8-15-6-4-3-5-7-15/h3-7,14,16H,8-13H2,1-2H3,(H,21,26)(H,22,24,28). The number of carbonyl (C=O) groups excluding carboxylic acids is 3. The summed E-state index contributed by atoms with van der Waals surface area (Å²) in [4.78, 5) is 38.1. The molecule has 0 bridgehead atoms. The number of thiocarbonyl (C=S) groups is 1. The monoisotopic (exact) mass is 405 g/mol. The maximum atomic E-state index is 12.3. The number of nitrogens with one attached hydrogen (secondary N) is 2. The Hall–Kier alpha value is -2.48. The van der Waals surface area contributed by atoms with Gasteiger partial charge in [-0.3, -0.25) is 14.4 Å². The van der Waals surface area contributed by atoms with Crippen molar-refractivity contribution in [2.75, 3.05) is 19.7 Å². The van der Waals surface area contributed by atoms with E-state index in [0.29, 0.717) is 25.9 Å². The van der Waals surface area contributed by atoms with E-state index in [9.17, 15) is 14.4 Å². The normalized spacial score (nSPS) is 16.5. The van der Waals surface area contributed by atoms with Crippen molar-refractivity contribution in [1.82, 2.24) is 15.5 Å². The summed E-state index contributed by atoms with van der Waals surface area (Å²) in [5.74, 6) is -0.774. The first-order valence-electron chi connectivity index (χ1n) is 9.44. The van der Waals surface area contributed by atoms with Gasteiger partial charge in [0, 0.05) is 25.9 Å². The quantitative estimate of drug-likeness (QED) is 0.527. The summed E-state index contributed by atoms with van der Waals surface area (Å²) in [6.07, 6.45) is 0.823. The molecule has 1 aromatic rings. The summed E-state index contributed by atoms with van der Waals surface area (Å²) in [6, 6.07) is 8.91. The van der Waals surface area contributed by atoms with Crippen molar-refractivity contribution in [2.24, 2.45) is 5.92 Å². The Morgan fingerprint density at radius 3 is 2.71 bits per heavy atom. The number of hydrogen-bond donors (Lipinski definition) is 2. The van der Waals surface area contributed by atoms with Crippen LogP contribution < -0.4 is 10.6 Å². The minimum atomic E-state index is -0.787. The summed E-state index contributed by atoms with van der Waals surface area (Å²) >= 11 is 5.30. The van der Waals surface area contributed by atoms with E-state index >= 15 is 0 Å². The number of ether oxygens (including phenoxy) is 1. The first-order valence-corrected chi connectivity index (χ1v) is 9.85. The fourth-order valence-corrected chi connectivity index (χ4v) is 3.25. The number of esters is 1. The average Bonchev–Trinajstić information content (AvgIpc) is 2.63. The van der Waals surface area contributed by atoms with Crippen LogP contribution in [0.4, 0.5) is 0 Å². The van der Waals surface area contributed by atoms with E-state index in [1.807, 2.05) is 44.2 Å². The number of rotatable bonds is 7. The Kier molecular flexibility index (Phi) is 8.38. The molecular formula is C20H27N3O4S. The number of nitrogens with zero attached hydrogens (tertiary/aromatic N) is 1. The van der Waals surface area contributed by atoms with Crippen molar-refractivity contribution in [3.63, 3.8) is 0 Å². The zero-order valence-corrected chi connectivity index (χ0v) is 17.1. The van der Waals surface area contributed by atoms with Crippen molar-refractivity contribution in [3.8, 4) is 0 Å². The molecule has 2 amide bonds. The molecule has 0 radical (unpaired) electrons. The Morgan fingerprint density at radius 2 is 2.04 bits per heavy atom. The predicted molar refractivity (Wildman–Crippen MR) is 109 cm³/mol. The molecule has 2 N–H and O–H groups in total. The molecule has 1 aliphatic rings. The Morgan fingerprint density at radius 1 is 1.32 bits per heavy atom. The van der Waals surface area contributed by atoms with E-state index in [1.54, 1.807) is 4.90 Å². The van der Waals surface area contributed by atoms with Crippen molar-refractivity contribution in [1.29, 1.82) is 0 Å². The second kappa shape index (κ2) is 10.8.